The molecule has 0 unspecified atom stereocenters. The van der Waals surface area contributed by atoms with Crippen molar-refractivity contribution in [3.8, 4) is 11.5 Å². The molecule has 6 heteroatoms. The molecule has 0 saturated heterocycles. The van der Waals surface area contributed by atoms with Crippen LogP contribution < -0.4 is 10.2 Å². The van der Waals surface area contributed by atoms with Crippen LogP contribution in [0.5, 0.6) is 11.5 Å². The van der Waals surface area contributed by atoms with Crippen molar-refractivity contribution in [3.63, 3.8) is 0 Å². The average Bonchev–Trinajstić information content (AvgIpc) is 3.18. The fraction of sp³-hybridized carbons (Fsp3) is 0.304. The Hall–Kier alpha value is -3.12. The highest BCUT2D eigenvalue weighted by molar-refractivity contribution is 5.98. The van der Waals surface area contributed by atoms with Gasteiger partial charge in [-0.3, -0.25) is 0 Å². The molecule has 0 aliphatic carbocycles. The normalized spacial score (nSPS) is 12.0. The van der Waals surface area contributed by atoms with Crippen LogP contribution in [0.2, 0.25) is 0 Å². The van der Waals surface area contributed by atoms with Crippen LogP contribution in [0.4, 0.5) is 5.69 Å². The van der Waals surface area contributed by atoms with Crippen LogP contribution >= 0.6 is 0 Å². The maximum Gasteiger partial charge on any atom is 0.139 e. The van der Waals surface area contributed by atoms with Gasteiger partial charge in [-0.2, -0.15) is 0 Å². The number of hydrogen-bond donors (Lipinski definition) is 4. The maximum atomic E-state index is 10.6. The molecule has 0 saturated carbocycles. The fourth-order valence-electron chi connectivity index (χ4n) is 3.60. The Morgan fingerprint density at radius 3 is 2.55 bits per heavy atom. The van der Waals surface area contributed by atoms with E-state index in [4.69, 9.17) is 4.42 Å². The number of anilines is 1. The van der Waals surface area contributed by atoms with E-state index in [-0.39, 0.29) is 24.1 Å². The van der Waals surface area contributed by atoms with E-state index in [9.17, 15) is 15.3 Å². The number of aryl methyl sites for hydroxylation is 1. The molecule has 0 bridgehead atoms. The van der Waals surface area contributed by atoms with E-state index in [2.05, 4.69) is 12.2 Å². The topological polar surface area (TPSA) is 89.1 Å². The van der Waals surface area contributed by atoms with Crippen molar-refractivity contribution in [2.75, 3.05) is 18.7 Å². The number of aliphatic hydroxyl groups excluding tert-OH is 1. The Kier molecular flexibility index (Phi) is 6.03. The Labute approximate surface area is 170 Å². The van der Waals surface area contributed by atoms with Gasteiger partial charge in [-0.25, -0.2) is 0 Å². The number of furan rings is 1. The third-order valence-corrected chi connectivity index (χ3v) is 5.10. The molecule has 0 amide bonds. The molecule has 154 valence electrons. The number of nitrogens with zero attached hydrogens (tertiary/aromatic N) is 1. The standard InChI is InChI=1S/C23H28N2O4/c1-5-15-6-7-19(16-8-9-29-23(15)16)25(13-26)20(12-24-4)18-10-17(14(2)3)21(27)11-22(18)28/h6-12,14,24,26-28H,5,13H2,1-4H3/b20-12-. The van der Waals surface area contributed by atoms with E-state index >= 15 is 0 Å². The van der Waals surface area contributed by atoms with Gasteiger partial charge in [0.05, 0.1) is 17.6 Å². The highest BCUT2D eigenvalue weighted by atomic mass is 16.3. The first-order valence-electron chi connectivity index (χ1n) is 9.74. The summed E-state index contributed by atoms with van der Waals surface area (Å²) in [4.78, 5) is 1.70. The molecule has 3 aromatic rings. The number of hydrogen-bond acceptors (Lipinski definition) is 6. The lowest BCUT2D eigenvalue weighted by Gasteiger charge is -2.27. The van der Waals surface area contributed by atoms with E-state index in [1.54, 1.807) is 30.5 Å². The summed E-state index contributed by atoms with van der Waals surface area (Å²) >= 11 is 0. The second-order valence-electron chi connectivity index (χ2n) is 7.23. The molecule has 0 aliphatic heterocycles. The molecule has 3 rings (SSSR count). The minimum absolute atomic E-state index is 0.0464. The molecule has 4 N–H and O–H groups in total. The number of rotatable bonds is 7. The van der Waals surface area contributed by atoms with E-state index in [1.165, 1.54) is 6.07 Å². The van der Waals surface area contributed by atoms with Crippen LogP contribution in [0.25, 0.3) is 16.7 Å². The Bertz CT molecular complexity index is 1040. The second kappa shape index (κ2) is 8.49. The lowest BCUT2D eigenvalue weighted by Crippen LogP contribution is -2.24. The van der Waals surface area contributed by atoms with Gasteiger partial charge in [-0.05, 0) is 41.7 Å². The first kappa shape index (κ1) is 20.6. The van der Waals surface area contributed by atoms with Crippen molar-refractivity contribution < 1.29 is 19.7 Å². The number of phenolic OH excluding ortho intramolecular Hbond substituents is 2. The van der Waals surface area contributed by atoms with Crippen molar-refractivity contribution >= 4 is 22.4 Å². The summed E-state index contributed by atoms with van der Waals surface area (Å²) in [6, 6.07) is 8.90. The van der Waals surface area contributed by atoms with Gasteiger partial charge in [0.1, 0.15) is 23.8 Å². The molecule has 0 radical (unpaired) electrons. The third kappa shape index (κ3) is 3.76. The highest BCUT2D eigenvalue weighted by Crippen LogP contribution is 2.40. The largest absolute Gasteiger partial charge is 0.508 e. The lowest BCUT2D eigenvalue weighted by atomic mass is 9.97. The first-order chi connectivity index (χ1) is 13.9. The van der Waals surface area contributed by atoms with Crippen molar-refractivity contribution in [2.24, 2.45) is 0 Å². The number of phenols is 2. The summed E-state index contributed by atoms with van der Waals surface area (Å²) in [7, 11) is 1.75. The van der Waals surface area contributed by atoms with Crippen molar-refractivity contribution in [3.05, 3.63) is 59.5 Å². The molecule has 0 atom stereocenters. The molecule has 0 spiro atoms. The third-order valence-electron chi connectivity index (χ3n) is 5.10. The molecular weight excluding hydrogens is 368 g/mol. The minimum atomic E-state index is -0.309. The maximum absolute atomic E-state index is 10.6. The molecule has 0 fully saturated rings. The molecule has 0 aliphatic rings. The number of aromatic hydroxyl groups is 2. The van der Waals surface area contributed by atoms with Crippen molar-refractivity contribution in [1.29, 1.82) is 0 Å². The summed E-state index contributed by atoms with van der Waals surface area (Å²) < 4.78 is 5.68. The number of benzene rings is 2. The van der Waals surface area contributed by atoms with Crippen LogP contribution in [-0.2, 0) is 6.42 Å². The van der Waals surface area contributed by atoms with Gasteiger partial charge < -0.3 is 30.0 Å². The minimum Gasteiger partial charge on any atom is -0.508 e. The Balaban J connectivity index is 2.21. The van der Waals surface area contributed by atoms with Crippen LogP contribution in [0.3, 0.4) is 0 Å². The van der Waals surface area contributed by atoms with E-state index in [1.807, 2.05) is 32.0 Å². The summed E-state index contributed by atoms with van der Waals surface area (Å²) in [6.45, 7) is 5.70. The summed E-state index contributed by atoms with van der Waals surface area (Å²) in [5, 5.41) is 34.9. The molecule has 1 heterocycles. The SMILES string of the molecule is CCc1ccc(N(CO)/C(=C\NC)c2cc(C(C)C)c(O)cc2O)c2ccoc12. The zero-order chi connectivity index (χ0) is 21.1. The van der Waals surface area contributed by atoms with Gasteiger partial charge in [0.25, 0.3) is 0 Å². The number of nitrogens with one attached hydrogen (secondary N) is 1. The zero-order valence-electron chi connectivity index (χ0n) is 17.2. The van der Waals surface area contributed by atoms with Crippen LogP contribution in [0, 0.1) is 0 Å². The van der Waals surface area contributed by atoms with Gasteiger partial charge in [0.15, 0.2) is 0 Å². The molecular formula is C23H28N2O4. The lowest BCUT2D eigenvalue weighted by molar-refractivity contribution is 0.305. The number of fused-ring (bicyclic) bond motifs is 1. The Morgan fingerprint density at radius 2 is 1.93 bits per heavy atom. The second-order valence-corrected chi connectivity index (χ2v) is 7.23. The van der Waals surface area contributed by atoms with Gasteiger partial charge in [-0.15, -0.1) is 0 Å². The van der Waals surface area contributed by atoms with E-state index in [0.29, 0.717) is 16.8 Å². The molecule has 6 nitrogen and oxygen atoms in total. The quantitative estimate of drug-likeness (QED) is 0.440. The summed E-state index contributed by atoms with van der Waals surface area (Å²) in [5.41, 5.74) is 4.42. The van der Waals surface area contributed by atoms with Gasteiger partial charge in [0.2, 0.25) is 0 Å². The van der Waals surface area contributed by atoms with Crippen LogP contribution in [0.1, 0.15) is 43.4 Å². The average molecular weight is 396 g/mol. The van der Waals surface area contributed by atoms with Crippen molar-refractivity contribution in [1.82, 2.24) is 5.32 Å². The molecule has 29 heavy (non-hydrogen) atoms. The smallest absolute Gasteiger partial charge is 0.139 e. The first-order valence-corrected chi connectivity index (χ1v) is 9.74. The van der Waals surface area contributed by atoms with Crippen LogP contribution in [-0.4, -0.2) is 29.1 Å². The van der Waals surface area contributed by atoms with Crippen molar-refractivity contribution in [2.45, 2.75) is 33.1 Å². The van der Waals surface area contributed by atoms with E-state index < -0.39 is 0 Å². The molecule has 1 aromatic heterocycles. The summed E-state index contributed by atoms with van der Waals surface area (Å²) in [6.07, 6.45) is 4.18. The van der Waals surface area contributed by atoms with Gasteiger partial charge in [0, 0.05) is 30.3 Å². The Morgan fingerprint density at radius 1 is 1.17 bits per heavy atom. The summed E-state index contributed by atoms with van der Waals surface area (Å²) in [5.74, 6) is 0.0442. The van der Waals surface area contributed by atoms with Gasteiger partial charge >= 0.3 is 0 Å². The number of aliphatic hydroxyl groups is 1. The van der Waals surface area contributed by atoms with Gasteiger partial charge in [-0.1, -0.05) is 26.8 Å². The monoisotopic (exact) mass is 396 g/mol. The molecule has 2 aromatic carbocycles. The fourth-order valence-corrected chi connectivity index (χ4v) is 3.60. The zero-order valence-corrected chi connectivity index (χ0v) is 17.2. The van der Waals surface area contributed by atoms with Crippen LogP contribution in [0.15, 0.2) is 47.2 Å². The predicted molar refractivity (Wildman–Crippen MR) is 116 cm³/mol. The highest BCUT2D eigenvalue weighted by Gasteiger charge is 2.22. The predicted octanol–water partition coefficient (Wildman–Crippen LogP) is 4.50. The van der Waals surface area contributed by atoms with E-state index in [0.717, 1.165) is 28.6 Å².